The summed E-state index contributed by atoms with van der Waals surface area (Å²) in [5, 5.41) is 77.4. The minimum atomic E-state index is -1.58. The lowest BCUT2D eigenvalue weighted by Crippen LogP contribution is -2.68. The molecule has 0 saturated heterocycles. The number of rotatable bonds is 14. The van der Waals surface area contributed by atoms with Crippen LogP contribution in [0.15, 0.2) is 0 Å². The Hall–Kier alpha value is -1.38. The van der Waals surface area contributed by atoms with Crippen molar-refractivity contribution in [3.05, 3.63) is 0 Å². The number of aliphatic carboxylic acids is 2. The van der Waals surface area contributed by atoms with E-state index in [1.807, 2.05) is 0 Å². The molecule has 29 heavy (non-hydrogen) atoms. The molecule has 10 N–H and O–H groups in total. The standard InChI is InChI=1S/C17H33N3O9/c1-2-9(22)10(23)7-20-17(8-21)15(19-6-4-12(26)27)14(28)13(16(17)29)18-5-3-11(24)25/h9-10,13-16,18-23,28-29H,2-8H2,1H3,(H,24,25)(H,26,27). The lowest BCUT2D eigenvalue weighted by atomic mass is 9.90. The fourth-order valence-corrected chi connectivity index (χ4v) is 3.58. The van der Waals surface area contributed by atoms with Crippen LogP contribution in [0.3, 0.4) is 0 Å². The Morgan fingerprint density at radius 1 is 1.00 bits per heavy atom. The lowest BCUT2D eigenvalue weighted by Gasteiger charge is -2.39. The van der Waals surface area contributed by atoms with Gasteiger partial charge in [0.05, 0.1) is 61.5 Å². The quantitative estimate of drug-likeness (QED) is 0.130. The van der Waals surface area contributed by atoms with Gasteiger partial charge in [0, 0.05) is 19.6 Å². The van der Waals surface area contributed by atoms with E-state index in [-0.39, 0.29) is 38.9 Å². The predicted octanol–water partition coefficient (Wildman–Crippen LogP) is -3.96. The molecule has 12 nitrogen and oxygen atoms in total. The van der Waals surface area contributed by atoms with Gasteiger partial charge in [0.2, 0.25) is 0 Å². The Kier molecular flexibility index (Phi) is 10.4. The maximum Gasteiger partial charge on any atom is 0.304 e. The highest BCUT2D eigenvalue weighted by Gasteiger charge is 2.59. The second kappa shape index (κ2) is 11.7. The number of aliphatic hydroxyl groups is 5. The number of carboxylic acid groups (broad SMARTS) is 2. The van der Waals surface area contributed by atoms with E-state index in [9.17, 15) is 35.1 Å². The number of hydrogen-bond donors (Lipinski definition) is 10. The van der Waals surface area contributed by atoms with Crippen molar-refractivity contribution >= 4 is 11.9 Å². The third kappa shape index (κ3) is 6.55. The molecule has 0 radical (unpaired) electrons. The second-order valence-corrected chi connectivity index (χ2v) is 7.26. The summed E-state index contributed by atoms with van der Waals surface area (Å²) in [7, 11) is 0. The first-order chi connectivity index (χ1) is 13.6. The first-order valence-electron chi connectivity index (χ1n) is 9.59. The highest BCUT2D eigenvalue weighted by atomic mass is 16.4. The Morgan fingerprint density at radius 2 is 1.55 bits per heavy atom. The van der Waals surface area contributed by atoms with E-state index in [0.717, 1.165) is 0 Å². The van der Waals surface area contributed by atoms with Crippen LogP contribution in [0.2, 0.25) is 0 Å². The van der Waals surface area contributed by atoms with Crippen LogP contribution >= 0.6 is 0 Å². The van der Waals surface area contributed by atoms with Gasteiger partial charge in [-0.15, -0.1) is 0 Å². The van der Waals surface area contributed by atoms with Crippen LogP contribution < -0.4 is 16.0 Å². The van der Waals surface area contributed by atoms with Gasteiger partial charge in [-0.3, -0.25) is 9.59 Å². The Morgan fingerprint density at radius 3 is 2.03 bits per heavy atom. The van der Waals surface area contributed by atoms with Gasteiger partial charge in [-0.2, -0.15) is 0 Å². The van der Waals surface area contributed by atoms with Crippen LogP contribution in [0.4, 0.5) is 0 Å². The van der Waals surface area contributed by atoms with Crippen molar-refractivity contribution in [2.45, 2.75) is 68.2 Å². The maximum atomic E-state index is 10.8. The van der Waals surface area contributed by atoms with E-state index in [1.165, 1.54) is 0 Å². The molecule has 1 rings (SSSR count). The number of aliphatic hydroxyl groups excluding tert-OH is 5. The van der Waals surface area contributed by atoms with Crippen molar-refractivity contribution in [3.8, 4) is 0 Å². The first-order valence-corrected chi connectivity index (χ1v) is 9.59. The molecule has 0 amide bonds. The molecule has 0 aromatic carbocycles. The highest BCUT2D eigenvalue weighted by Crippen LogP contribution is 2.32. The van der Waals surface area contributed by atoms with Crippen LogP contribution in [-0.2, 0) is 9.59 Å². The molecule has 0 aromatic rings. The van der Waals surface area contributed by atoms with Gasteiger partial charge < -0.3 is 51.7 Å². The topological polar surface area (TPSA) is 212 Å². The number of nitrogens with one attached hydrogen (secondary N) is 3. The second-order valence-electron chi connectivity index (χ2n) is 7.26. The Bertz CT molecular complexity index is 538. The van der Waals surface area contributed by atoms with Crippen molar-refractivity contribution < 1.29 is 45.3 Å². The van der Waals surface area contributed by atoms with E-state index in [1.54, 1.807) is 6.92 Å². The molecule has 0 heterocycles. The zero-order valence-electron chi connectivity index (χ0n) is 16.4. The van der Waals surface area contributed by atoms with Crippen LogP contribution in [0.1, 0.15) is 26.2 Å². The third-order valence-electron chi connectivity index (χ3n) is 5.32. The zero-order valence-corrected chi connectivity index (χ0v) is 16.4. The summed E-state index contributed by atoms with van der Waals surface area (Å²) in [4.78, 5) is 21.5. The zero-order chi connectivity index (χ0) is 22.2. The molecule has 1 saturated carbocycles. The van der Waals surface area contributed by atoms with Gasteiger partial charge in [-0.05, 0) is 6.42 Å². The molecule has 0 aliphatic heterocycles. The molecule has 1 aliphatic carbocycles. The van der Waals surface area contributed by atoms with Crippen molar-refractivity contribution in [3.63, 3.8) is 0 Å². The molecule has 7 unspecified atom stereocenters. The largest absolute Gasteiger partial charge is 0.481 e. The molecule has 0 spiro atoms. The predicted molar refractivity (Wildman–Crippen MR) is 100 cm³/mol. The highest BCUT2D eigenvalue weighted by molar-refractivity contribution is 5.67. The van der Waals surface area contributed by atoms with Gasteiger partial charge in [-0.1, -0.05) is 6.92 Å². The summed E-state index contributed by atoms with van der Waals surface area (Å²) in [5.74, 6) is -2.15. The average molecular weight is 423 g/mol. The summed E-state index contributed by atoms with van der Waals surface area (Å²) in [5.41, 5.74) is -1.58. The molecular weight excluding hydrogens is 390 g/mol. The molecule has 0 aromatic heterocycles. The van der Waals surface area contributed by atoms with Crippen LogP contribution in [0.25, 0.3) is 0 Å². The molecule has 1 fully saturated rings. The van der Waals surface area contributed by atoms with Gasteiger partial charge >= 0.3 is 11.9 Å². The third-order valence-corrected chi connectivity index (χ3v) is 5.32. The molecule has 0 bridgehead atoms. The van der Waals surface area contributed by atoms with Crippen LogP contribution in [0.5, 0.6) is 0 Å². The first kappa shape index (κ1) is 25.7. The minimum Gasteiger partial charge on any atom is -0.481 e. The van der Waals surface area contributed by atoms with Gasteiger partial charge in [0.15, 0.2) is 0 Å². The fraction of sp³-hybridized carbons (Fsp3) is 0.882. The van der Waals surface area contributed by atoms with Crippen molar-refractivity contribution in [2.24, 2.45) is 0 Å². The van der Waals surface area contributed by atoms with E-state index < -0.39 is 60.6 Å². The summed E-state index contributed by atoms with van der Waals surface area (Å²) < 4.78 is 0. The van der Waals surface area contributed by atoms with E-state index in [0.29, 0.717) is 0 Å². The summed E-state index contributed by atoms with van der Waals surface area (Å²) in [6, 6.07) is -2.04. The van der Waals surface area contributed by atoms with Crippen molar-refractivity contribution in [1.29, 1.82) is 0 Å². The van der Waals surface area contributed by atoms with Gasteiger partial charge in [0.1, 0.15) is 0 Å². The monoisotopic (exact) mass is 423 g/mol. The van der Waals surface area contributed by atoms with Crippen molar-refractivity contribution in [2.75, 3.05) is 26.2 Å². The average Bonchev–Trinajstić information content (AvgIpc) is 2.86. The van der Waals surface area contributed by atoms with E-state index in [4.69, 9.17) is 10.2 Å². The number of β-amino-alcohol motifs (C(OH)–C–C–N with tert-alkyl or cyclic N) is 1. The maximum absolute atomic E-state index is 10.8. The minimum absolute atomic E-state index is 0.0470. The molecule has 1 aliphatic rings. The normalized spacial score (nSPS) is 31.5. The smallest absolute Gasteiger partial charge is 0.304 e. The Balaban J connectivity index is 3.01. The number of hydrogen-bond acceptors (Lipinski definition) is 10. The Labute approximate surface area is 168 Å². The summed E-state index contributed by atoms with van der Waals surface area (Å²) in [6.07, 6.45) is -5.20. The van der Waals surface area contributed by atoms with Gasteiger partial charge in [-0.25, -0.2) is 0 Å². The number of carboxylic acids is 2. The molecule has 12 heteroatoms. The van der Waals surface area contributed by atoms with Crippen molar-refractivity contribution in [1.82, 2.24) is 16.0 Å². The van der Waals surface area contributed by atoms with E-state index >= 15 is 0 Å². The summed E-state index contributed by atoms with van der Waals surface area (Å²) in [6.45, 7) is 0.673. The SMILES string of the molecule is CCC(O)C(O)CNC1(CO)C(O)C(NCCC(=O)O)C(O)C1NCCC(=O)O. The summed E-state index contributed by atoms with van der Waals surface area (Å²) >= 11 is 0. The van der Waals surface area contributed by atoms with E-state index in [2.05, 4.69) is 16.0 Å². The van der Waals surface area contributed by atoms with Crippen LogP contribution in [-0.4, -0.2) is 116 Å². The van der Waals surface area contributed by atoms with Gasteiger partial charge in [0.25, 0.3) is 0 Å². The fourth-order valence-electron chi connectivity index (χ4n) is 3.58. The molecule has 170 valence electrons. The van der Waals surface area contributed by atoms with Crippen LogP contribution in [0, 0.1) is 0 Å². The number of carbonyl (C=O) groups is 2. The molecule has 7 atom stereocenters. The lowest BCUT2D eigenvalue weighted by molar-refractivity contribution is -0.138. The molecular formula is C17H33N3O9.